The summed E-state index contributed by atoms with van der Waals surface area (Å²) >= 11 is 5.86. The number of nitrogen functional groups attached to an aromatic ring is 1. The molecule has 1 unspecified atom stereocenters. The zero-order valence-electron chi connectivity index (χ0n) is 15.2. The van der Waals surface area contributed by atoms with Gasteiger partial charge in [-0.25, -0.2) is 0 Å². The number of nitrogens with zero attached hydrogens (tertiary/aromatic N) is 1. The van der Waals surface area contributed by atoms with Crippen molar-refractivity contribution in [3.63, 3.8) is 0 Å². The van der Waals surface area contributed by atoms with Crippen molar-refractivity contribution in [2.75, 3.05) is 11.1 Å². The Morgan fingerprint density at radius 3 is 2.82 bits per heavy atom. The highest BCUT2D eigenvalue weighted by Gasteiger charge is 2.23. The lowest BCUT2D eigenvalue weighted by Crippen LogP contribution is -2.14. The highest BCUT2D eigenvalue weighted by atomic mass is 35.5. The van der Waals surface area contributed by atoms with Gasteiger partial charge in [-0.1, -0.05) is 23.7 Å². The summed E-state index contributed by atoms with van der Waals surface area (Å²) in [7, 11) is 0. The van der Waals surface area contributed by atoms with Crippen LogP contribution in [0.5, 0.6) is 0 Å². The number of fused-ring (bicyclic) bond motifs is 2. The molecule has 3 aromatic rings. The van der Waals surface area contributed by atoms with E-state index in [-0.39, 0.29) is 5.91 Å². The summed E-state index contributed by atoms with van der Waals surface area (Å²) < 4.78 is 0. The lowest BCUT2D eigenvalue weighted by molar-refractivity contribution is -0.111. The van der Waals surface area contributed by atoms with Gasteiger partial charge < -0.3 is 16.2 Å². The Balaban J connectivity index is 1.58. The molecule has 0 spiro atoms. The van der Waals surface area contributed by atoms with Gasteiger partial charge in [0.15, 0.2) is 0 Å². The van der Waals surface area contributed by atoms with E-state index in [9.17, 15) is 9.90 Å². The molecule has 5 nitrogen and oxygen atoms in total. The minimum absolute atomic E-state index is 0.251. The molecule has 0 saturated carbocycles. The van der Waals surface area contributed by atoms with Gasteiger partial charge in [0, 0.05) is 39.1 Å². The van der Waals surface area contributed by atoms with Gasteiger partial charge in [0.2, 0.25) is 5.91 Å². The first-order chi connectivity index (χ1) is 13.5. The van der Waals surface area contributed by atoms with Crippen molar-refractivity contribution in [2.24, 2.45) is 0 Å². The fourth-order valence-electron chi connectivity index (χ4n) is 3.53. The molecule has 1 heterocycles. The van der Waals surface area contributed by atoms with Crippen LogP contribution >= 0.6 is 11.6 Å². The number of aryl methyl sites for hydroxylation is 1. The Morgan fingerprint density at radius 1 is 1.25 bits per heavy atom. The first kappa shape index (κ1) is 18.5. The van der Waals surface area contributed by atoms with E-state index < -0.39 is 6.10 Å². The van der Waals surface area contributed by atoms with Crippen LogP contribution in [0.2, 0.25) is 5.02 Å². The lowest BCUT2D eigenvalue weighted by Gasteiger charge is -2.23. The zero-order valence-corrected chi connectivity index (χ0v) is 15.9. The summed E-state index contributed by atoms with van der Waals surface area (Å²) in [6.07, 6.45) is 5.01. The molecular formula is C22H20ClN3O2. The van der Waals surface area contributed by atoms with Gasteiger partial charge in [-0.3, -0.25) is 9.78 Å². The molecule has 28 heavy (non-hydrogen) atoms. The quantitative estimate of drug-likeness (QED) is 0.572. The monoisotopic (exact) mass is 393 g/mol. The van der Waals surface area contributed by atoms with E-state index in [1.54, 1.807) is 30.3 Å². The van der Waals surface area contributed by atoms with Crippen molar-refractivity contribution >= 4 is 45.9 Å². The number of carbonyl (C=O) groups excluding carboxylic acids is 1. The molecule has 1 atom stereocenters. The van der Waals surface area contributed by atoms with E-state index in [0.29, 0.717) is 22.8 Å². The summed E-state index contributed by atoms with van der Waals surface area (Å²) in [6, 6.07) is 12.7. The van der Waals surface area contributed by atoms with Crippen LogP contribution in [0.3, 0.4) is 0 Å². The average Bonchev–Trinajstić information content (AvgIpc) is 2.68. The number of carbonyl (C=O) groups is 1. The molecule has 142 valence electrons. The van der Waals surface area contributed by atoms with Crippen LogP contribution in [0.25, 0.3) is 17.0 Å². The van der Waals surface area contributed by atoms with Gasteiger partial charge in [-0.2, -0.15) is 0 Å². The Morgan fingerprint density at radius 2 is 2.04 bits per heavy atom. The Labute approximate surface area is 167 Å². The van der Waals surface area contributed by atoms with Gasteiger partial charge in [0.25, 0.3) is 0 Å². The predicted molar refractivity (Wildman–Crippen MR) is 113 cm³/mol. The second-order valence-corrected chi connectivity index (χ2v) is 7.34. The average molecular weight is 394 g/mol. The molecule has 1 aliphatic rings. The maximum Gasteiger partial charge on any atom is 0.248 e. The molecule has 0 radical (unpaired) electrons. The Kier molecular flexibility index (Phi) is 5.03. The van der Waals surface area contributed by atoms with Gasteiger partial charge in [0.05, 0.1) is 11.6 Å². The molecule has 0 bridgehead atoms. The van der Waals surface area contributed by atoms with E-state index in [0.717, 1.165) is 40.6 Å². The number of aliphatic hydroxyl groups is 1. The number of hydrogen-bond acceptors (Lipinski definition) is 4. The summed E-state index contributed by atoms with van der Waals surface area (Å²) in [5.74, 6) is -0.251. The number of hydrogen-bond donors (Lipinski definition) is 3. The molecule has 4 rings (SSSR count). The number of rotatable bonds is 3. The number of pyridine rings is 1. The van der Waals surface area contributed by atoms with Crippen molar-refractivity contribution in [2.45, 2.75) is 25.4 Å². The van der Waals surface area contributed by atoms with Gasteiger partial charge >= 0.3 is 0 Å². The number of nitrogens with one attached hydrogen (secondary N) is 1. The minimum Gasteiger partial charge on any atom is -0.398 e. The molecule has 1 aliphatic carbocycles. The van der Waals surface area contributed by atoms with Crippen molar-refractivity contribution in [3.8, 4) is 0 Å². The van der Waals surface area contributed by atoms with Crippen molar-refractivity contribution in [1.82, 2.24) is 4.98 Å². The fourth-order valence-corrected chi connectivity index (χ4v) is 3.66. The second-order valence-electron chi connectivity index (χ2n) is 6.90. The molecule has 1 amide bonds. The van der Waals surface area contributed by atoms with Crippen LogP contribution in [0.15, 0.2) is 48.5 Å². The number of anilines is 2. The SMILES string of the molecule is Nc1c2c(nc3ccc(NC(=O)/C=C/c4ccc(Cl)cc4)cc13)CCCC2O. The topological polar surface area (TPSA) is 88.2 Å². The molecule has 4 N–H and O–H groups in total. The van der Waals surface area contributed by atoms with E-state index in [1.165, 1.54) is 6.08 Å². The number of nitrogens with two attached hydrogens (primary N) is 1. The lowest BCUT2D eigenvalue weighted by atomic mass is 9.90. The van der Waals surface area contributed by atoms with E-state index in [1.807, 2.05) is 18.2 Å². The third kappa shape index (κ3) is 3.72. The normalized spacial score (nSPS) is 16.3. The van der Waals surface area contributed by atoms with Crippen molar-refractivity contribution < 1.29 is 9.90 Å². The van der Waals surface area contributed by atoms with Gasteiger partial charge in [-0.15, -0.1) is 0 Å². The highest BCUT2D eigenvalue weighted by molar-refractivity contribution is 6.30. The van der Waals surface area contributed by atoms with Crippen molar-refractivity contribution in [1.29, 1.82) is 0 Å². The smallest absolute Gasteiger partial charge is 0.248 e. The van der Waals surface area contributed by atoms with E-state index >= 15 is 0 Å². The fraction of sp³-hybridized carbons (Fsp3) is 0.182. The molecule has 0 fully saturated rings. The second kappa shape index (κ2) is 7.62. The van der Waals surface area contributed by atoms with Crippen LogP contribution in [-0.2, 0) is 11.2 Å². The first-order valence-electron chi connectivity index (χ1n) is 9.16. The summed E-state index contributed by atoms with van der Waals surface area (Å²) in [4.78, 5) is 16.9. The molecule has 0 aliphatic heterocycles. The summed E-state index contributed by atoms with van der Waals surface area (Å²) in [5.41, 5.74) is 10.7. The number of benzene rings is 2. The molecule has 6 heteroatoms. The van der Waals surface area contributed by atoms with Gasteiger partial charge in [-0.05, 0) is 61.2 Å². The third-order valence-corrected chi connectivity index (χ3v) is 5.18. The summed E-state index contributed by atoms with van der Waals surface area (Å²) in [5, 5.41) is 14.5. The van der Waals surface area contributed by atoms with Crippen LogP contribution in [0.4, 0.5) is 11.4 Å². The maximum atomic E-state index is 12.2. The molecular weight excluding hydrogens is 374 g/mol. The first-order valence-corrected chi connectivity index (χ1v) is 9.54. The number of halogens is 1. The summed E-state index contributed by atoms with van der Waals surface area (Å²) in [6.45, 7) is 0. The standard InChI is InChI=1S/C22H20ClN3O2/c23-14-7-4-13(5-8-14)6-11-20(28)25-15-9-10-17-16(12-15)22(24)21-18(26-17)2-1-3-19(21)27/h4-12,19,27H,1-3H2,(H2,24,26)(H,25,28)/b11-6+. The molecule has 0 saturated heterocycles. The van der Waals surface area contributed by atoms with Crippen LogP contribution in [-0.4, -0.2) is 16.0 Å². The predicted octanol–water partition coefficient (Wildman–Crippen LogP) is 4.49. The van der Waals surface area contributed by atoms with E-state index in [2.05, 4.69) is 10.3 Å². The van der Waals surface area contributed by atoms with Crippen LogP contribution in [0, 0.1) is 0 Å². The maximum absolute atomic E-state index is 12.2. The molecule has 1 aromatic heterocycles. The highest BCUT2D eigenvalue weighted by Crippen LogP contribution is 2.37. The Hall–Kier alpha value is -2.89. The largest absolute Gasteiger partial charge is 0.398 e. The van der Waals surface area contributed by atoms with Gasteiger partial charge in [0.1, 0.15) is 0 Å². The Bertz CT molecular complexity index is 1080. The number of aliphatic hydroxyl groups excluding tert-OH is 1. The molecule has 2 aromatic carbocycles. The number of amides is 1. The van der Waals surface area contributed by atoms with Crippen LogP contribution < -0.4 is 11.1 Å². The van der Waals surface area contributed by atoms with E-state index in [4.69, 9.17) is 17.3 Å². The van der Waals surface area contributed by atoms with Crippen molar-refractivity contribution in [3.05, 3.63) is 70.4 Å². The minimum atomic E-state index is -0.582. The van der Waals surface area contributed by atoms with Crippen LogP contribution in [0.1, 0.15) is 35.8 Å². The zero-order chi connectivity index (χ0) is 19.7. The number of aromatic nitrogens is 1. The third-order valence-electron chi connectivity index (χ3n) is 4.93.